The van der Waals surface area contributed by atoms with Gasteiger partial charge in [-0.05, 0) is 18.6 Å². The predicted molar refractivity (Wildman–Crippen MR) is 58.9 cm³/mol. The van der Waals surface area contributed by atoms with Crippen LogP contribution < -0.4 is 4.74 Å². The van der Waals surface area contributed by atoms with Crippen LogP contribution in [0.1, 0.15) is 12.5 Å². The average molecular weight is 228 g/mol. The second-order valence-electron chi connectivity index (χ2n) is 4.30. The molecule has 16 heavy (non-hydrogen) atoms. The zero-order valence-corrected chi connectivity index (χ0v) is 9.53. The normalized spacial score (nSPS) is 11.6. The van der Waals surface area contributed by atoms with E-state index in [9.17, 15) is 4.39 Å². The molecule has 0 fully saturated rings. The fourth-order valence-electron chi connectivity index (χ4n) is 1.13. The monoisotopic (exact) mass is 228 g/mol. The van der Waals surface area contributed by atoms with Crippen LogP contribution in [0.5, 0.6) is 5.75 Å². The Kier molecular flexibility index (Phi) is 4.26. The number of aliphatic hydroxyl groups is 2. The van der Waals surface area contributed by atoms with Crippen LogP contribution in [0.4, 0.5) is 4.39 Å². The van der Waals surface area contributed by atoms with E-state index in [1.165, 1.54) is 6.07 Å². The fraction of sp³-hybridized carbons (Fsp3) is 0.500. The summed E-state index contributed by atoms with van der Waals surface area (Å²) >= 11 is 0. The Morgan fingerprint density at radius 3 is 2.50 bits per heavy atom. The third-order valence-electron chi connectivity index (χ3n) is 2.50. The van der Waals surface area contributed by atoms with Gasteiger partial charge in [-0.1, -0.05) is 19.1 Å². The van der Waals surface area contributed by atoms with Gasteiger partial charge in [0.2, 0.25) is 0 Å². The molecule has 0 saturated carbocycles. The van der Waals surface area contributed by atoms with E-state index >= 15 is 0 Å². The van der Waals surface area contributed by atoms with Gasteiger partial charge in [0.1, 0.15) is 0 Å². The molecule has 3 nitrogen and oxygen atoms in total. The number of aryl methyl sites for hydroxylation is 1. The summed E-state index contributed by atoms with van der Waals surface area (Å²) in [6.07, 6.45) is 0. The SMILES string of the molecule is Cc1cccc(OCC(C)(CO)CO)c1F. The first-order chi connectivity index (χ1) is 7.52. The molecule has 0 heterocycles. The number of hydrogen-bond acceptors (Lipinski definition) is 3. The number of ether oxygens (including phenoxy) is 1. The molecule has 0 aliphatic carbocycles. The molecule has 0 unspecified atom stereocenters. The van der Waals surface area contributed by atoms with Crippen molar-refractivity contribution in [1.29, 1.82) is 0 Å². The molecule has 0 aliphatic rings. The summed E-state index contributed by atoms with van der Waals surface area (Å²) < 4.78 is 18.8. The lowest BCUT2D eigenvalue weighted by Crippen LogP contribution is -2.33. The molecule has 0 amide bonds. The summed E-state index contributed by atoms with van der Waals surface area (Å²) in [7, 11) is 0. The molecule has 0 aromatic heterocycles. The molecule has 0 spiro atoms. The summed E-state index contributed by atoms with van der Waals surface area (Å²) in [5.41, 5.74) is -0.247. The van der Waals surface area contributed by atoms with Crippen molar-refractivity contribution in [2.24, 2.45) is 5.41 Å². The first-order valence-corrected chi connectivity index (χ1v) is 5.12. The predicted octanol–water partition coefficient (Wildman–Crippen LogP) is 1.50. The highest BCUT2D eigenvalue weighted by atomic mass is 19.1. The van der Waals surface area contributed by atoms with Crippen molar-refractivity contribution in [1.82, 2.24) is 0 Å². The van der Waals surface area contributed by atoms with E-state index < -0.39 is 11.2 Å². The summed E-state index contributed by atoms with van der Waals surface area (Å²) in [6, 6.07) is 4.87. The minimum atomic E-state index is -0.754. The van der Waals surface area contributed by atoms with Crippen molar-refractivity contribution in [2.75, 3.05) is 19.8 Å². The molecule has 0 radical (unpaired) electrons. The lowest BCUT2D eigenvalue weighted by atomic mass is 9.94. The molecule has 2 N–H and O–H groups in total. The van der Waals surface area contributed by atoms with Crippen LogP contribution in [0.15, 0.2) is 18.2 Å². The third kappa shape index (κ3) is 2.93. The second-order valence-corrected chi connectivity index (χ2v) is 4.30. The molecule has 0 atom stereocenters. The molecule has 0 saturated heterocycles. The van der Waals surface area contributed by atoms with Crippen molar-refractivity contribution in [3.8, 4) is 5.75 Å². The molecular weight excluding hydrogens is 211 g/mol. The summed E-state index contributed by atoms with van der Waals surface area (Å²) in [6.45, 7) is 2.97. The Labute approximate surface area is 94.5 Å². The number of rotatable bonds is 5. The summed E-state index contributed by atoms with van der Waals surface area (Å²) in [5, 5.41) is 18.1. The first-order valence-electron chi connectivity index (χ1n) is 5.12. The smallest absolute Gasteiger partial charge is 0.167 e. The van der Waals surface area contributed by atoms with Gasteiger partial charge < -0.3 is 14.9 Å². The Bertz CT molecular complexity index is 348. The molecule has 1 aromatic rings. The van der Waals surface area contributed by atoms with Gasteiger partial charge in [0.15, 0.2) is 11.6 Å². The summed E-state index contributed by atoms with van der Waals surface area (Å²) in [4.78, 5) is 0. The van der Waals surface area contributed by atoms with Crippen molar-refractivity contribution in [3.05, 3.63) is 29.6 Å². The zero-order valence-electron chi connectivity index (χ0n) is 9.53. The largest absolute Gasteiger partial charge is 0.490 e. The zero-order chi connectivity index (χ0) is 12.2. The van der Waals surface area contributed by atoms with Crippen molar-refractivity contribution < 1.29 is 19.3 Å². The van der Waals surface area contributed by atoms with E-state index in [-0.39, 0.29) is 25.6 Å². The summed E-state index contributed by atoms with van der Waals surface area (Å²) in [5.74, 6) is -0.256. The molecule has 1 rings (SSSR count). The Balaban J connectivity index is 2.71. The van der Waals surface area contributed by atoms with E-state index in [1.807, 2.05) is 0 Å². The molecule has 4 heteroatoms. The van der Waals surface area contributed by atoms with Gasteiger partial charge in [0.05, 0.1) is 19.8 Å². The maximum absolute atomic E-state index is 13.5. The minimum Gasteiger partial charge on any atom is -0.490 e. The number of aliphatic hydroxyl groups excluding tert-OH is 2. The second kappa shape index (κ2) is 5.27. The number of halogens is 1. The highest BCUT2D eigenvalue weighted by Crippen LogP contribution is 2.22. The highest BCUT2D eigenvalue weighted by Gasteiger charge is 2.24. The van der Waals surface area contributed by atoms with Gasteiger partial charge in [0, 0.05) is 5.41 Å². The number of hydrogen-bond donors (Lipinski definition) is 2. The topological polar surface area (TPSA) is 49.7 Å². The van der Waals surface area contributed by atoms with Crippen molar-refractivity contribution >= 4 is 0 Å². The van der Waals surface area contributed by atoms with Crippen LogP contribution in [0.2, 0.25) is 0 Å². The minimum absolute atomic E-state index is 0.0698. The van der Waals surface area contributed by atoms with Crippen LogP contribution >= 0.6 is 0 Å². The van der Waals surface area contributed by atoms with E-state index in [2.05, 4.69) is 0 Å². The van der Waals surface area contributed by atoms with Gasteiger partial charge in [-0.3, -0.25) is 0 Å². The molecular formula is C12H17FO3. The molecule has 90 valence electrons. The lowest BCUT2D eigenvalue weighted by molar-refractivity contribution is 0.0275. The Hall–Kier alpha value is -1.13. The van der Waals surface area contributed by atoms with Crippen LogP contribution in [0.25, 0.3) is 0 Å². The van der Waals surface area contributed by atoms with Gasteiger partial charge in [-0.15, -0.1) is 0 Å². The quantitative estimate of drug-likeness (QED) is 0.803. The van der Waals surface area contributed by atoms with Crippen LogP contribution in [0.3, 0.4) is 0 Å². The maximum atomic E-state index is 13.5. The van der Waals surface area contributed by atoms with Crippen molar-refractivity contribution in [2.45, 2.75) is 13.8 Å². The van der Waals surface area contributed by atoms with Crippen molar-refractivity contribution in [3.63, 3.8) is 0 Å². The van der Waals surface area contributed by atoms with E-state index in [0.717, 1.165) is 0 Å². The lowest BCUT2D eigenvalue weighted by Gasteiger charge is -2.24. The number of benzene rings is 1. The average Bonchev–Trinajstić information content (AvgIpc) is 2.31. The van der Waals surface area contributed by atoms with Gasteiger partial charge in [-0.25, -0.2) is 4.39 Å². The molecule has 0 aliphatic heterocycles. The van der Waals surface area contributed by atoms with Crippen LogP contribution in [-0.2, 0) is 0 Å². The first kappa shape index (κ1) is 12.9. The van der Waals surface area contributed by atoms with Gasteiger partial charge in [-0.2, -0.15) is 0 Å². The standard InChI is InChI=1S/C12H17FO3/c1-9-4-3-5-10(11(9)13)16-8-12(2,6-14)7-15/h3-5,14-15H,6-8H2,1-2H3. The van der Waals surface area contributed by atoms with E-state index in [1.54, 1.807) is 26.0 Å². The molecule has 0 bridgehead atoms. The van der Waals surface area contributed by atoms with Gasteiger partial charge >= 0.3 is 0 Å². The molecule has 1 aromatic carbocycles. The Morgan fingerprint density at radius 2 is 1.94 bits per heavy atom. The maximum Gasteiger partial charge on any atom is 0.167 e. The van der Waals surface area contributed by atoms with Crippen LogP contribution in [-0.4, -0.2) is 30.0 Å². The highest BCUT2D eigenvalue weighted by molar-refractivity contribution is 5.30. The van der Waals surface area contributed by atoms with E-state index in [0.29, 0.717) is 5.56 Å². The third-order valence-corrected chi connectivity index (χ3v) is 2.50. The van der Waals surface area contributed by atoms with Crippen LogP contribution in [0, 0.1) is 18.2 Å². The Morgan fingerprint density at radius 1 is 1.31 bits per heavy atom. The van der Waals surface area contributed by atoms with Gasteiger partial charge in [0.25, 0.3) is 0 Å². The van der Waals surface area contributed by atoms with E-state index in [4.69, 9.17) is 14.9 Å². The fourth-order valence-corrected chi connectivity index (χ4v) is 1.13.